The van der Waals surface area contributed by atoms with Gasteiger partial charge < -0.3 is 10.0 Å². The fraction of sp³-hybridized carbons (Fsp3) is 0.467. The maximum atomic E-state index is 12.1. The molecule has 2 atom stereocenters. The highest BCUT2D eigenvalue weighted by Gasteiger charge is 2.38. The lowest BCUT2D eigenvalue weighted by Gasteiger charge is -2.25. The van der Waals surface area contributed by atoms with Crippen LogP contribution in [0.5, 0.6) is 0 Å². The molecule has 1 fully saturated rings. The number of nitrogens with zero attached hydrogens (tertiary/aromatic N) is 1. The number of carbonyl (C=O) groups excluding carboxylic acids is 1. The maximum Gasteiger partial charge on any atom is 0.331 e. The van der Waals surface area contributed by atoms with Crippen LogP contribution in [0.4, 0.5) is 0 Å². The van der Waals surface area contributed by atoms with E-state index in [1.165, 1.54) is 4.90 Å². The molecule has 0 radical (unpaired) electrons. The summed E-state index contributed by atoms with van der Waals surface area (Å²) in [5.74, 6) is -0.348. The van der Waals surface area contributed by atoms with Gasteiger partial charge in [0, 0.05) is 13.0 Å². The van der Waals surface area contributed by atoms with Crippen molar-refractivity contribution in [2.45, 2.75) is 26.3 Å². The van der Waals surface area contributed by atoms with Gasteiger partial charge in [0.2, 0.25) is 5.91 Å². The van der Waals surface area contributed by atoms with E-state index in [0.717, 1.165) is 11.1 Å². The monoisotopic (exact) mass is 293 g/mol. The van der Waals surface area contributed by atoms with Crippen molar-refractivity contribution in [3.8, 4) is 0 Å². The Kier molecular flexibility index (Phi) is 4.38. The molecular weight excluding hydrogens is 274 g/mol. The van der Waals surface area contributed by atoms with Crippen molar-refractivity contribution in [2.75, 3.05) is 12.3 Å². The summed E-state index contributed by atoms with van der Waals surface area (Å²) >= 11 is 4.21. The molecule has 108 valence electrons. The molecule has 1 aromatic carbocycles. The zero-order valence-corrected chi connectivity index (χ0v) is 12.6. The van der Waals surface area contributed by atoms with Gasteiger partial charge in [-0.15, -0.1) is 0 Å². The Morgan fingerprint density at radius 3 is 2.45 bits per heavy atom. The van der Waals surface area contributed by atoms with Crippen LogP contribution in [-0.2, 0) is 9.59 Å². The molecule has 0 saturated carbocycles. The fourth-order valence-electron chi connectivity index (χ4n) is 2.80. The molecule has 2 unspecified atom stereocenters. The first-order valence-corrected chi connectivity index (χ1v) is 7.27. The lowest BCUT2D eigenvalue weighted by atomic mass is 10.0. The van der Waals surface area contributed by atoms with Gasteiger partial charge in [0.25, 0.3) is 0 Å². The van der Waals surface area contributed by atoms with Crippen LogP contribution in [0, 0.1) is 19.8 Å². The van der Waals surface area contributed by atoms with Gasteiger partial charge in [0.1, 0.15) is 0 Å². The Hall–Kier alpha value is -1.49. The summed E-state index contributed by atoms with van der Waals surface area (Å²) in [6.45, 7) is 4.32. The smallest absolute Gasteiger partial charge is 0.331 e. The summed E-state index contributed by atoms with van der Waals surface area (Å²) in [6, 6.07) is 4.77. The maximum absolute atomic E-state index is 12.1. The number of carbonyl (C=O) groups is 2. The average molecular weight is 293 g/mol. The van der Waals surface area contributed by atoms with Crippen molar-refractivity contribution in [1.82, 2.24) is 4.90 Å². The van der Waals surface area contributed by atoms with Crippen LogP contribution in [-0.4, -0.2) is 34.2 Å². The number of aliphatic carboxylic acids is 1. The van der Waals surface area contributed by atoms with Crippen LogP contribution >= 0.6 is 12.6 Å². The third kappa shape index (κ3) is 2.98. The molecule has 1 N–H and O–H groups in total. The predicted octanol–water partition coefficient (Wildman–Crippen LogP) is 2.21. The Bertz CT molecular complexity index is 524. The Morgan fingerprint density at radius 2 is 2.00 bits per heavy atom. The van der Waals surface area contributed by atoms with Gasteiger partial charge in [-0.25, -0.2) is 4.79 Å². The van der Waals surface area contributed by atoms with Crippen LogP contribution in [0.1, 0.15) is 29.2 Å². The van der Waals surface area contributed by atoms with E-state index >= 15 is 0 Å². The molecule has 0 spiro atoms. The van der Waals surface area contributed by atoms with Crippen LogP contribution in [0.25, 0.3) is 0 Å². The second kappa shape index (κ2) is 5.87. The highest BCUT2D eigenvalue weighted by Crippen LogP contribution is 2.30. The van der Waals surface area contributed by atoms with E-state index in [1.54, 1.807) is 0 Å². The number of hydrogen-bond donors (Lipinski definition) is 2. The molecule has 1 aliphatic heterocycles. The number of likely N-dealkylation sites (tertiary alicyclic amines) is 1. The van der Waals surface area contributed by atoms with E-state index in [4.69, 9.17) is 0 Å². The van der Waals surface area contributed by atoms with Gasteiger partial charge >= 0.3 is 5.97 Å². The van der Waals surface area contributed by atoms with Crippen molar-refractivity contribution >= 4 is 24.5 Å². The van der Waals surface area contributed by atoms with Gasteiger partial charge in [-0.1, -0.05) is 29.3 Å². The van der Waals surface area contributed by atoms with Crippen molar-refractivity contribution in [3.63, 3.8) is 0 Å². The Balaban J connectivity index is 2.37. The Labute approximate surface area is 124 Å². The summed E-state index contributed by atoms with van der Waals surface area (Å²) in [4.78, 5) is 25.2. The van der Waals surface area contributed by atoms with E-state index in [2.05, 4.69) is 12.6 Å². The predicted molar refractivity (Wildman–Crippen MR) is 80.0 cm³/mol. The topological polar surface area (TPSA) is 57.6 Å². The number of carboxylic acid groups (broad SMARTS) is 1. The highest BCUT2D eigenvalue weighted by atomic mass is 32.1. The third-order valence-corrected chi connectivity index (χ3v) is 4.12. The largest absolute Gasteiger partial charge is 0.479 e. The highest BCUT2D eigenvalue weighted by molar-refractivity contribution is 7.80. The van der Waals surface area contributed by atoms with E-state index in [0.29, 0.717) is 24.3 Å². The van der Waals surface area contributed by atoms with Crippen molar-refractivity contribution in [2.24, 2.45) is 5.92 Å². The minimum absolute atomic E-state index is 0.101. The number of benzene rings is 1. The zero-order valence-electron chi connectivity index (χ0n) is 11.7. The molecule has 0 aromatic heterocycles. The normalized spacial score (nSPS) is 20.2. The van der Waals surface area contributed by atoms with Crippen molar-refractivity contribution in [3.05, 3.63) is 34.9 Å². The second-order valence-corrected chi connectivity index (χ2v) is 5.83. The van der Waals surface area contributed by atoms with Gasteiger partial charge in [-0.2, -0.15) is 12.6 Å². The Morgan fingerprint density at radius 1 is 1.40 bits per heavy atom. The molecular formula is C15H19NO3S. The lowest BCUT2D eigenvalue weighted by molar-refractivity contribution is -0.148. The number of aryl methyl sites for hydroxylation is 2. The summed E-state index contributed by atoms with van der Waals surface area (Å²) in [5.41, 5.74) is 2.68. The molecule has 0 bridgehead atoms. The quantitative estimate of drug-likeness (QED) is 0.837. The van der Waals surface area contributed by atoms with E-state index in [1.807, 2.05) is 32.0 Å². The summed E-state index contributed by atoms with van der Waals surface area (Å²) < 4.78 is 0. The van der Waals surface area contributed by atoms with Gasteiger partial charge in [-0.3, -0.25) is 4.79 Å². The molecule has 0 aliphatic carbocycles. The number of carboxylic acids is 1. The number of rotatable bonds is 4. The molecule has 20 heavy (non-hydrogen) atoms. The van der Waals surface area contributed by atoms with Crippen LogP contribution in [0.3, 0.4) is 0 Å². The standard InChI is InChI=1S/C15H19NO3S/c1-9-3-10(2)5-12(4-9)14(15(18)19)16-7-11(8-20)6-13(16)17/h3-5,11,14,20H,6-8H2,1-2H3,(H,18,19). The fourth-order valence-corrected chi connectivity index (χ4v) is 3.05. The molecule has 1 heterocycles. The molecule has 1 saturated heterocycles. The SMILES string of the molecule is Cc1cc(C)cc(C(C(=O)O)N2CC(CS)CC2=O)c1. The minimum atomic E-state index is -0.983. The summed E-state index contributed by atoms with van der Waals surface area (Å²) in [5, 5.41) is 9.53. The van der Waals surface area contributed by atoms with E-state index < -0.39 is 12.0 Å². The van der Waals surface area contributed by atoms with Gasteiger partial charge in [-0.05, 0) is 31.1 Å². The van der Waals surface area contributed by atoms with Gasteiger partial charge in [0.05, 0.1) is 0 Å². The van der Waals surface area contributed by atoms with Crippen LogP contribution < -0.4 is 0 Å². The molecule has 1 amide bonds. The van der Waals surface area contributed by atoms with E-state index in [9.17, 15) is 14.7 Å². The average Bonchev–Trinajstić information content (AvgIpc) is 2.69. The first-order chi connectivity index (χ1) is 9.42. The number of amides is 1. The number of hydrogen-bond acceptors (Lipinski definition) is 3. The van der Waals surface area contributed by atoms with Crippen LogP contribution in [0.15, 0.2) is 18.2 Å². The van der Waals surface area contributed by atoms with Crippen LogP contribution in [0.2, 0.25) is 0 Å². The molecule has 5 heteroatoms. The number of thiol groups is 1. The summed E-state index contributed by atoms with van der Waals surface area (Å²) in [6.07, 6.45) is 0.387. The summed E-state index contributed by atoms with van der Waals surface area (Å²) in [7, 11) is 0. The third-order valence-electron chi connectivity index (χ3n) is 3.60. The van der Waals surface area contributed by atoms with Gasteiger partial charge in [0.15, 0.2) is 6.04 Å². The molecule has 1 aliphatic rings. The van der Waals surface area contributed by atoms with Crippen molar-refractivity contribution in [1.29, 1.82) is 0 Å². The van der Waals surface area contributed by atoms with Crippen molar-refractivity contribution < 1.29 is 14.7 Å². The minimum Gasteiger partial charge on any atom is -0.479 e. The zero-order chi connectivity index (χ0) is 14.9. The lowest BCUT2D eigenvalue weighted by Crippen LogP contribution is -2.35. The molecule has 2 rings (SSSR count). The van der Waals surface area contributed by atoms with E-state index in [-0.39, 0.29) is 11.8 Å². The molecule has 4 nitrogen and oxygen atoms in total. The first kappa shape index (κ1) is 14.9. The first-order valence-electron chi connectivity index (χ1n) is 6.63. The second-order valence-electron chi connectivity index (χ2n) is 5.46. The molecule has 1 aromatic rings.